The summed E-state index contributed by atoms with van der Waals surface area (Å²) in [7, 11) is 0. The SMILES string of the molecule is CC1=CCCC(OC(=O)CO)C1.CCCC. The molecule has 1 N–H and O–H groups in total. The van der Waals surface area contributed by atoms with Crippen molar-refractivity contribution in [1.29, 1.82) is 0 Å². The second-order valence-corrected chi connectivity index (χ2v) is 4.10. The Kier molecular flexibility index (Phi) is 8.91. The summed E-state index contributed by atoms with van der Waals surface area (Å²) in [4.78, 5) is 10.7. The number of unbranched alkanes of at least 4 members (excludes halogenated alkanes) is 1. The fourth-order valence-electron chi connectivity index (χ4n) is 1.38. The van der Waals surface area contributed by atoms with Crippen LogP contribution in [0.5, 0.6) is 0 Å². The number of rotatable bonds is 3. The van der Waals surface area contributed by atoms with Gasteiger partial charge in [0.2, 0.25) is 0 Å². The second kappa shape index (κ2) is 9.40. The van der Waals surface area contributed by atoms with Gasteiger partial charge in [0.15, 0.2) is 0 Å². The van der Waals surface area contributed by atoms with Crippen LogP contribution in [0.15, 0.2) is 11.6 Å². The minimum atomic E-state index is -0.519. The van der Waals surface area contributed by atoms with Gasteiger partial charge in [-0.3, -0.25) is 0 Å². The molecule has 0 aliphatic heterocycles. The highest BCUT2D eigenvalue weighted by Crippen LogP contribution is 2.20. The summed E-state index contributed by atoms with van der Waals surface area (Å²) in [5.41, 5.74) is 1.26. The third kappa shape index (κ3) is 7.46. The summed E-state index contributed by atoms with van der Waals surface area (Å²) in [6, 6.07) is 0. The Labute approximate surface area is 98.5 Å². The van der Waals surface area contributed by atoms with Gasteiger partial charge in [0, 0.05) is 6.42 Å². The molecule has 1 aliphatic carbocycles. The largest absolute Gasteiger partial charge is 0.460 e. The van der Waals surface area contributed by atoms with Crippen LogP contribution in [-0.2, 0) is 9.53 Å². The van der Waals surface area contributed by atoms with Gasteiger partial charge in [0.05, 0.1) is 0 Å². The zero-order valence-corrected chi connectivity index (χ0v) is 10.7. The average molecular weight is 228 g/mol. The third-order valence-corrected chi connectivity index (χ3v) is 2.46. The predicted molar refractivity (Wildman–Crippen MR) is 65.2 cm³/mol. The zero-order chi connectivity index (χ0) is 12.4. The number of carbonyl (C=O) groups excluding carboxylic acids is 1. The standard InChI is InChI=1S/C9H14O3.C4H10/c1-7-3-2-4-8(5-7)12-9(11)6-10;1-3-4-2/h3,8,10H,2,4-6H2,1H3;3-4H2,1-2H3. The van der Waals surface area contributed by atoms with Gasteiger partial charge in [0.25, 0.3) is 0 Å². The molecule has 3 heteroatoms. The van der Waals surface area contributed by atoms with Crippen LogP contribution in [0.1, 0.15) is 52.9 Å². The van der Waals surface area contributed by atoms with E-state index in [0.717, 1.165) is 19.3 Å². The lowest BCUT2D eigenvalue weighted by Gasteiger charge is -2.20. The van der Waals surface area contributed by atoms with E-state index in [4.69, 9.17) is 9.84 Å². The smallest absolute Gasteiger partial charge is 0.332 e. The Morgan fingerprint density at radius 2 is 2.12 bits per heavy atom. The number of allylic oxidation sites excluding steroid dienone is 1. The lowest BCUT2D eigenvalue weighted by Crippen LogP contribution is -2.22. The molecule has 1 atom stereocenters. The van der Waals surface area contributed by atoms with Gasteiger partial charge in [-0.05, 0) is 19.8 Å². The van der Waals surface area contributed by atoms with Gasteiger partial charge in [-0.25, -0.2) is 4.79 Å². The molecule has 0 saturated heterocycles. The van der Waals surface area contributed by atoms with Crippen LogP contribution in [0.3, 0.4) is 0 Å². The first kappa shape index (κ1) is 15.2. The van der Waals surface area contributed by atoms with E-state index in [2.05, 4.69) is 19.9 Å². The van der Waals surface area contributed by atoms with Crippen LogP contribution < -0.4 is 0 Å². The summed E-state index contributed by atoms with van der Waals surface area (Å²) in [6.45, 7) is 5.87. The molecule has 0 aromatic carbocycles. The van der Waals surface area contributed by atoms with Crippen molar-refractivity contribution in [3.8, 4) is 0 Å². The summed E-state index contributed by atoms with van der Waals surface area (Å²) >= 11 is 0. The number of hydrogen-bond acceptors (Lipinski definition) is 3. The molecule has 1 aliphatic rings. The third-order valence-electron chi connectivity index (χ3n) is 2.46. The van der Waals surface area contributed by atoms with E-state index in [1.54, 1.807) is 0 Å². The Balaban J connectivity index is 0.000000487. The first-order chi connectivity index (χ1) is 7.63. The van der Waals surface area contributed by atoms with Crippen LogP contribution >= 0.6 is 0 Å². The maximum absolute atomic E-state index is 10.7. The molecular formula is C13H24O3. The van der Waals surface area contributed by atoms with Crippen molar-refractivity contribution in [2.75, 3.05) is 6.61 Å². The number of hydrogen-bond donors (Lipinski definition) is 1. The normalized spacial score (nSPS) is 19.2. The molecule has 0 spiro atoms. The first-order valence-electron chi connectivity index (χ1n) is 6.09. The molecule has 0 fully saturated rings. The van der Waals surface area contributed by atoms with Crippen LogP contribution in [0.4, 0.5) is 0 Å². The van der Waals surface area contributed by atoms with Gasteiger partial charge >= 0.3 is 5.97 Å². The molecule has 0 heterocycles. The summed E-state index contributed by atoms with van der Waals surface area (Å²) < 4.78 is 4.98. The monoisotopic (exact) mass is 228 g/mol. The topological polar surface area (TPSA) is 46.5 Å². The summed E-state index contributed by atoms with van der Waals surface area (Å²) in [6.07, 6.45) is 7.43. The highest BCUT2D eigenvalue weighted by Gasteiger charge is 2.16. The molecule has 94 valence electrons. The fourth-order valence-corrected chi connectivity index (χ4v) is 1.38. The molecule has 0 aromatic heterocycles. The predicted octanol–water partition coefficient (Wildman–Crippen LogP) is 2.83. The van der Waals surface area contributed by atoms with Crippen molar-refractivity contribution < 1.29 is 14.6 Å². The Hall–Kier alpha value is -0.830. The molecule has 0 aromatic rings. The van der Waals surface area contributed by atoms with Crippen LogP contribution in [-0.4, -0.2) is 23.8 Å². The fraction of sp³-hybridized carbons (Fsp3) is 0.769. The van der Waals surface area contributed by atoms with E-state index in [-0.39, 0.29) is 6.10 Å². The Morgan fingerprint density at radius 3 is 2.56 bits per heavy atom. The maximum atomic E-state index is 10.7. The van der Waals surface area contributed by atoms with Crippen molar-refractivity contribution >= 4 is 5.97 Å². The van der Waals surface area contributed by atoms with E-state index in [1.807, 2.05) is 6.92 Å². The minimum absolute atomic E-state index is 0.0188. The van der Waals surface area contributed by atoms with E-state index in [9.17, 15) is 4.79 Å². The van der Waals surface area contributed by atoms with Crippen molar-refractivity contribution in [2.24, 2.45) is 0 Å². The lowest BCUT2D eigenvalue weighted by molar-refractivity contribution is -0.152. The first-order valence-corrected chi connectivity index (χ1v) is 6.09. The molecule has 0 radical (unpaired) electrons. The van der Waals surface area contributed by atoms with E-state index in [0.29, 0.717) is 0 Å². The molecule has 0 bridgehead atoms. The van der Waals surface area contributed by atoms with Crippen molar-refractivity contribution in [3.05, 3.63) is 11.6 Å². The average Bonchev–Trinajstić information content (AvgIpc) is 2.29. The number of ether oxygens (including phenoxy) is 1. The van der Waals surface area contributed by atoms with E-state index >= 15 is 0 Å². The van der Waals surface area contributed by atoms with Crippen LogP contribution in [0, 0.1) is 0 Å². The van der Waals surface area contributed by atoms with Crippen molar-refractivity contribution in [1.82, 2.24) is 0 Å². The number of aliphatic hydroxyl groups is 1. The molecule has 16 heavy (non-hydrogen) atoms. The van der Waals surface area contributed by atoms with Crippen LogP contribution in [0.25, 0.3) is 0 Å². The molecule has 3 nitrogen and oxygen atoms in total. The summed E-state index contributed by atoms with van der Waals surface area (Å²) in [5, 5.41) is 8.44. The second-order valence-electron chi connectivity index (χ2n) is 4.10. The van der Waals surface area contributed by atoms with Crippen LogP contribution in [0.2, 0.25) is 0 Å². The molecule has 0 amide bonds. The van der Waals surface area contributed by atoms with Gasteiger partial charge in [-0.15, -0.1) is 0 Å². The quantitative estimate of drug-likeness (QED) is 0.597. The molecule has 0 saturated carbocycles. The number of esters is 1. The Bertz CT molecular complexity index is 219. The van der Waals surface area contributed by atoms with Gasteiger partial charge in [-0.2, -0.15) is 0 Å². The van der Waals surface area contributed by atoms with Gasteiger partial charge in [-0.1, -0.05) is 38.3 Å². The molecule has 1 rings (SSSR count). The van der Waals surface area contributed by atoms with Crippen molar-refractivity contribution in [2.45, 2.75) is 59.0 Å². The molecule has 1 unspecified atom stereocenters. The highest BCUT2D eigenvalue weighted by atomic mass is 16.6. The molecular weight excluding hydrogens is 204 g/mol. The number of aliphatic hydroxyl groups excluding tert-OH is 1. The zero-order valence-electron chi connectivity index (χ0n) is 10.7. The lowest BCUT2D eigenvalue weighted by atomic mass is 9.98. The van der Waals surface area contributed by atoms with Gasteiger partial charge < -0.3 is 9.84 Å². The van der Waals surface area contributed by atoms with Crippen molar-refractivity contribution in [3.63, 3.8) is 0 Å². The van der Waals surface area contributed by atoms with E-state index in [1.165, 1.54) is 18.4 Å². The summed E-state index contributed by atoms with van der Waals surface area (Å²) in [5.74, 6) is -0.519. The van der Waals surface area contributed by atoms with Gasteiger partial charge in [0.1, 0.15) is 12.7 Å². The van der Waals surface area contributed by atoms with E-state index < -0.39 is 12.6 Å². The maximum Gasteiger partial charge on any atom is 0.332 e. The Morgan fingerprint density at radius 1 is 1.50 bits per heavy atom. The highest BCUT2D eigenvalue weighted by molar-refractivity contribution is 5.70. The minimum Gasteiger partial charge on any atom is -0.460 e. The number of carbonyl (C=O) groups is 1.